The van der Waals surface area contributed by atoms with Crippen molar-refractivity contribution in [2.45, 2.75) is 188 Å². The van der Waals surface area contributed by atoms with Crippen molar-refractivity contribution in [3.63, 3.8) is 0 Å². The number of alkyl carbamates (subject to hydrolysis) is 1. The van der Waals surface area contributed by atoms with Gasteiger partial charge in [0.25, 0.3) is 0 Å². The van der Waals surface area contributed by atoms with E-state index < -0.39 is 131 Å². The van der Waals surface area contributed by atoms with Crippen LogP contribution < -0.4 is 36.1 Å². The number of amides is 1. The first kappa shape index (κ1) is 73.5. The predicted molar refractivity (Wildman–Crippen MR) is 350 cm³/mol. The van der Waals surface area contributed by atoms with Crippen LogP contribution in [0.1, 0.15) is 82.3 Å². The number of aliphatic hydroxyl groups is 5. The third-order valence-electron chi connectivity index (χ3n) is 16.5. The molecule has 2 aliphatic carbocycles. The number of ether oxygens (including phenoxy) is 12. The quantitative estimate of drug-likeness (QED) is 0.0185. The molecular formula is C63H83IN4O21S3. The summed E-state index contributed by atoms with van der Waals surface area (Å²) in [5.41, 5.74) is 9.07. The van der Waals surface area contributed by atoms with E-state index in [0.717, 1.165) is 24.4 Å². The van der Waals surface area contributed by atoms with Crippen molar-refractivity contribution in [3.05, 3.63) is 79.6 Å². The molecule has 2 aromatic rings. The summed E-state index contributed by atoms with van der Waals surface area (Å²) in [4.78, 5) is 48.1. The maximum absolute atomic E-state index is 14.5. The van der Waals surface area contributed by atoms with E-state index in [1.807, 2.05) is 67.6 Å². The number of methoxy groups -OCH3 is 5. The molecule has 1 amide bonds. The SMILES string of the molecule is CCN[C@H]1CO[C@@H](O[C@H]2[C@H](O[C@H]3C#CC=CC#C[C@]4(O)CC(=O)C(NC(=O)OC)=C3/C4=C\CSSC(C)(C)c3ccccc3N)O[C@H](C)[C@@H](NO[C@H]3C[C@H](O)[C@H](SC(=O)c4c(C)c(I)c(O[C@@H]5O[C@@H](C)[C@H](O)[C@@H](OC)[C@H]5O)c(OC)c4OC)[C@@H](C)O3)[C@@H]2O)C[C@@H]1OC. The summed E-state index contributed by atoms with van der Waals surface area (Å²) in [6.07, 6.45) is -14.2. The molecule has 4 heterocycles. The van der Waals surface area contributed by atoms with Crippen LogP contribution in [0.5, 0.6) is 17.2 Å². The average molecular weight is 1460 g/mol. The monoisotopic (exact) mass is 1450 g/mol. The number of hydrogen-bond acceptors (Lipinski definition) is 27. The minimum Gasteiger partial charge on any atom is -0.492 e. The first-order valence-electron chi connectivity index (χ1n) is 29.9. The Bertz CT molecular complexity index is 3180. The van der Waals surface area contributed by atoms with Gasteiger partial charge in [0.1, 0.15) is 36.6 Å². The third-order valence-corrected chi connectivity index (χ3v) is 22.3. The normalized spacial score (nSPS) is 33.6. The van der Waals surface area contributed by atoms with Gasteiger partial charge in [-0.05, 0) is 100 Å². The fourth-order valence-corrected chi connectivity index (χ4v) is 15.9. The van der Waals surface area contributed by atoms with Crippen molar-refractivity contribution in [2.24, 2.45) is 0 Å². The van der Waals surface area contributed by atoms with Crippen LogP contribution in [0.25, 0.3) is 0 Å². The fraction of sp³-hybridized carbons (Fsp3) is 0.603. The molecule has 4 fully saturated rings. The van der Waals surface area contributed by atoms with Gasteiger partial charge in [-0.15, -0.1) is 0 Å². The second-order valence-electron chi connectivity index (χ2n) is 23.0. The van der Waals surface area contributed by atoms with E-state index in [1.54, 1.807) is 40.9 Å². The Labute approximate surface area is 561 Å². The molecule has 0 spiro atoms. The zero-order chi connectivity index (χ0) is 66.9. The van der Waals surface area contributed by atoms with Crippen LogP contribution in [0.15, 0.2) is 59.3 Å². The number of anilines is 1. The predicted octanol–water partition coefficient (Wildman–Crippen LogP) is 4.44. The van der Waals surface area contributed by atoms with Crippen molar-refractivity contribution in [2.75, 3.05) is 60.2 Å². The van der Waals surface area contributed by atoms with Crippen LogP contribution in [-0.2, 0) is 57.0 Å². The maximum atomic E-state index is 14.5. The molecule has 0 saturated carbocycles. The largest absolute Gasteiger partial charge is 0.492 e. The van der Waals surface area contributed by atoms with Gasteiger partial charge in [-0.3, -0.25) is 19.7 Å². The Morgan fingerprint density at radius 2 is 1.60 bits per heavy atom. The molecule has 92 heavy (non-hydrogen) atoms. The number of benzene rings is 2. The molecule has 25 nitrogen and oxygen atoms in total. The van der Waals surface area contributed by atoms with Crippen LogP contribution in [0, 0.1) is 34.2 Å². The number of carbonyl (C=O) groups excluding carboxylic acids is 3. The van der Waals surface area contributed by atoms with Crippen LogP contribution in [0.2, 0.25) is 0 Å². The summed E-state index contributed by atoms with van der Waals surface area (Å²) in [6, 6.07) is 6.25. The topological polar surface area (TPSA) is 334 Å². The average Bonchev–Trinajstić information content (AvgIpc) is 0.763. The second-order valence-corrected chi connectivity index (χ2v) is 28.2. The van der Waals surface area contributed by atoms with Gasteiger partial charge in [0.15, 0.2) is 41.8 Å². The molecule has 0 radical (unpaired) electrons. The van der Waals surface area contributed by atoms with E-state index >= 15 is 0 Å². The van der Waals surface area contributed by atoms with Gasteiger partial charge in [-0.2, -0.15) is 5.48 Å². The highest BCUT2D eigenvalue weighted by Crippen LogP contribution is 2.50. The molecule has 0 unspecified atom stereocenters. The van der Waals surface area contributed by atoms with Crippen LogP contribution in [0.3, 0.4) is 0 Å². The Morgan fingerprint density at radius 3 is 2.27 bits per heavy atom. The summed E-state index contributed by atoms with van der Waals surface area (Å²) >= 11 is 2.82. The van der Waals surface area contributed by atoms with Gasteiger partial charge in [0.05, 0.1) is 97.0 Å². The lowest BCUT2D eigenvalue weighted by molar-refractivity contribution is -0.336. The number of Topliss-reactive ketones (excluding diaryl/α,β-unsaturated/α-hetero) is 1. The van der Waals surface area contributed by atoms with Gasteiger partial charge >= 0.3 is 6.09 Å². The van der Waals surface area contributed by atoms with Crippen LogP contribution in [-0.4, -0.2) is 212 Å². The Hall–Kier alpha value is -4.27. The van der Waals surface area contributed by atoms with E-state index in [0.29, 0.717) is 21.4 Å². The number of carbonyl (C=O) groups is 3. The fourth-order valence-electron chi connectivity index (χ4n) is 11.7. The summed E-state index contributed by atoms with van der Waals surface area (Å²) in [7, 11) is 9.77. The van der Waals surface area contributed by atoms with E-state index in [4.69, 9.17) is 67.4 Å². The molecule has 8 rings (SSSR count). The minimum atomic E-state index is -2.12. The van der Waals surface area contributed by atoms with Gasteiger partial charge < -0.3 is 93.4 Å². The highest BCUT2D eigenvalue weighted by Gasteiger charge is 2.52. The Balaban J connectivity index is 1.04. The number of nitrogen functional groups attached to an aromatic ring is 1. The number of nitrogens with one attached hydrogen (secondary N) is 3. The summed E-state index contributed by atoms with van der Waals surface area (Å²) < 4.78 is 72.5. The Kier molecular flexibility index (Phi) is 26.1. The number of likely N-dealkylation sites (N-methyl/N-ethyl adjacent to an activating group) is 1. The number of allylic oxidation sites excluding steroid dienone is 3. The summed E-state index contributed by atoms with van der Waals surface area (Å²) in [6.45, 7) is 13.5. The molecule has 10 N–H and O–H groups in total. The molecule has 2 bridgehead atoms. The zero-order valence-corrected chi connectivity index (χ0v) is 57.7. The first-order chi connectivity index (χ1) is 43.8. The number of rotatable bonds is 23. The number of hydrogen-bond donors (Lipinski definition) is 9. The van der Waals surface area contributed by atoms with Crippen molar-refractivity contribution in [1.82, 2.24) is 16.1 Å². The van der Waals surface area contributed by atoms with Crippen molar-refractivity contribution >= 4 is 78.6 Å². The first-order valence-corrected chi connectivity index (χ1v) is 34.2. The van der Waals surface area contributed by atoms with E-state index in [-0.39, 0.29) is 77.0 Å². The van der Waals surface area contributed by atoms with E-state index in [1.165, 1.54) is 55.1 Å². The number of halogens is 1. The van der Waals surface area contributed by atoms with Crippen LogP contribution in [0.4, 0.5) is 10.5 Å². The number of hydroxylamine groups is 1. The van der Waals surface area contributed by atoms with E-state index in [2.05, 4.69) is 39.8 Å². The third kappa shape index (κ3) is 16.6. The lowest BCUT2D eigenvalue weighted by atomic mass is 9.75. The molecule has 506 valence electrons. The lowest BCUT2D eigenvalue weighted by Crippen LogP contribution is -2.65. The van der Waals surface area contributed by atoms with Crippen molar-refractivity contribution in [3.8, 4) is 40.9 Å². The molecule has 29 heteroatoms. The van der Waals surface area contributed by atoms with Gasteiger partial charge in [0.2, 0.25) is 17.2 Å². The standard InChI is InChI=1S/C63H83IN4O21S3/c1-13-66-37-29-82-42(27-41(37)77-8)87-55-50(72)47(68-89-43-26-38(69)57(33(5)83-43)91-58(74)44-30(2)46(64)53(56(80-11)52(44)78-9)88-59-51(73)54(79-10)49(71)32(4)85-59)31(3)84-60(55)86-40-22-16-14-15-19-24-63(76)28-39(70)48(67-61(75)81-12)45(40)35(63)23-25-90-92-62(6,7)34-20-17-18-21-36(34)65/h14-15,17-18,20-21,23,31-33,37-38,40-43,47,49-51,54-55,57,59-60,66,68-69,71-73,76H,13,25-29,65H2,1-12H3,(H,67,75)/b15-14?,35-23+/t31-,32+,33-,37+,38+,40+,41+,42+,43+,47-,49+,50+,51-,54-,55-,57-,59+,60+,63+/m1/s1. The number of nitrogens with two attached hydrogens (primary N) is 1. The second kappa shape index (κ2) is 32.6. The van der Waals surface area contributed by atoms with Gasteiger partial charge in [-0.1, -0.05) is 88.2 Å². The minimum absolute atomic E-state index is 0.0217. The van der Waals surface area contributed by atoms with Gasteiger partial charge in [0, 0.05) is 54.4 Å². The number of para-hydroxylation sites is 1. The molecule has 0 aromatic heterocycles. The highest BCUT2D eigenvalue weighted by molar-refractivity contribution is 14.1. The lowest BCUT2D eigenvalue weighted by Gasteiger charge is -2.46. The van der Waals surface area contributed by atoms with Gasteiger partial charge in [-0.25, -0.2) is 4.79 Å². The number of ketones is 1. The van der Waals surface area contributed by atoms with E-state index in [9.17, 15) is 39.9 Å². The summed E-state index contributed by atoms with van der Waals surface area (Å²) in [5, 5.41) is 63.3. The van der Waals surface area contributed by atoms with Crippen molar-refractivity contribution < 1.29 is 102 Å². The molecule has 4 saturated heterocycles. The highest BCUT2D eigenvalue weighted by atomic mass is 127. The maximum Gasteiger partial charge on any atom is 0.411 e. The summed E-state index contributed by atoms with van der Waals surface area (Å²) in [5.74, 6) is 11.3. The molecule has 4 aliphatic heterocycles. The molecular weight excluding hydrogens is 1370 g/mol. The number of fused-ring (bicyclic) bond motifs is 2. The Morgan fingerprint density at radius 1 is 0.880 bits per heavy atom. The zero-order valence-electron chi connectivity index (χ0n) is 53.1. The van der Waals surface area contributed by atoms with Crippen molar-refractivity contribution in [1.29, 1.82) is 0 Å². The number of thioether (sulfide) groups is 1. The molecule has 2 aromatic carbocycles. The number of aliphatic hydroxyl groups excluding tert-OH is 4. The smallest absolute Gasteiger partial charge is 0.411 e. The molecule has 19 atom stereocenters. The van der Waals surface area contributed by atoms with Crippen LogP contribution >= 0.6 is 55.9 Å². The molecule has 6 aliphatic rings.